The second-order valence-corrected chi connectivity index (χ2v) is 11.7. The highest BCUT2D eigenvalue weighted by atomic mass is 79.9. The van der Waals surface area contributed by atoms with E-state index in [0.717, 1.165) is 33.1 Å². The third kappa shape index (κ3) is 4.34. The summed E-state index contributed by atoms with van der Waals surface area (Å²) in [5.41, 5.74) is 5.26. The molecule has 0 atom stereocenters. The van der Waals surface area contributed by atoms with Crippen molar-refractivity contribution in [3.05, 3.63) is 81.5 Å². The minimum absolute atomic E-state index is 0.0266. The Hall–Kier alpha value is -3.39. The van der Waals surface area contributed by atoms with Crippen LogP contribution in [0.15, 0.2) is 53.5 Å². The first-order chi connectivity index (χ1) is 18.0. The van der Waals surface area contributed by atoms with Gasteiger partial charge in [0.05, 0.1) is 22.7 Å². The van der Waals surface area contributed by atoms with Crippen molar-refractivity contribution in [1.82, 2.24) is 19.7 Å². The summed E-state index contributed by atoms with van der Waals surface area (Å²) in [6.07, 6.45) is 2.09. The average molecular weight is 578 g/mol. The number of rotatable bonds is 5. The fourth-order valence-corrected chi connectivity index (χ4v) is 6.60. The lowest BCUT2D eigenvalue weighted by Gasteiger charge is -2.44. The van der Waals surface area contributed by atoms with Gasteiger partial charge in [-0.1, -0.05) is 46.8 Å². The molecule has 0 radical (unpaired) electrons. The number of benzene rings is 2. The number of fused-ring (bicyclic) bond motifs is 2. The van der Waals surface area contributed by atoms with Gasteiger partial charge < -0.3 is 19.7 Å². The fraction of sp³-hybridized carbons (Fsp3) is 0.367. The second kappa shape index (κ2) is 9.73. The van der Waals surface area contributed by atoms with Crippen LogP contribution in [0.2, 0.25) is 0 Å². The molecule has 7 nitrogen and oxygen atoms in total. The van der Waals surface area contributed by atoms with Crippen LogP contribution in [-0.2, 0) is 28.1 Å². The molecule has 2 aliphatic rings. The van der Waals surface area contributed by atoms with E-state index in [1.165, 1.54) is 17.2 Å². The molecular formula is C30H33BrN4O3. The minimum Gasteiger partial charge on any atom is -0.348 e. The maximum Gasteiger partial charge on any atom is 0.257 e. The van der Waals surface area contributed by atoms with Crippen LogP contribution in [-0.4, -0.2) is 57.8 Å². The topological polar surface area (TPSA) is 74.6 Å². The Balaban J connectivity index is 1.48. The Morgan fingerprint density at radius 2 is 1.87 bits per heavy atom. The van der Waals surface area contributed by atoms with Gasteiger partial charge in [0.25, 0.3) is 5.91 Å². The van der Waals surface area contributed by atoms with Crippen LogP contribution >= 0.6 is 15.9 Å². The molecule has 0 bridgehead atoms. The zero-order chi connectivity index (χ0) is 27.4. The number of aryl methyl sites for hydroxylation is 1. The molecule has 198 valence electrons. The first-order valence-corrected chi connectivity index (χ1v) is 13.7. The van der Waals surface area contributed by atoms with Gasteiger partial charge in [-0.25, -0.2) is 0 Å². The number of amides is 3. The van der Waals surface area contributed by atoms with E-state index in [4.69, 9.17) is 0 Å². The fourth-order valence-electron chi connectivity index (χ4n) is 6.03. The van der Waals surface area contributed by atoms with Crippen LogP contribution in [0.4, 0.5) is 0 Å². The Labute approximate surface area is 231 Å². The normalized spacial score (nSPS) is 16.7. The molecule has 0 spiro atoms. The molecule has 5 rings (SSSR count). The number of halogens is 1. The quantitative estimate of drug-likeness (QED) is 0.455. The number of likely N-dealkylation sites (tertiary alicyclic amines) is 1. The Morgan fingerprint density at radius 1 is 1.16 bits per heavy atom. The van der Waals surface area contributed by atoms with Crippen LogP contribution in [0.1, 0.15) is 46.6 Å². The summed E-state index contributed by atoms with van der Waals surface area (Å²) in [4.78, 5) is 42.7. The second-order valence-electron chi connectivity index (χ2n) is 10.8. The van der Waals surface area contributed by atoms with Crippen LogP contribution in [0.25, 0.3) is 10.9 Å². The van der Waals surface area contributed by atoms with E-state index in [9.17, 15) is 14.4 Å². The summed E-state index contributed by atoms with van der Waals surface area (Å²) in [5.74, 6) is -0.300. The van der Waals surface area contributed by atoms with E-state index >= 15 is 0 Å². The van der Waals surface area contributed by atoms with Crippen LogP contribution < -0.4 is 5.32 Å². The summed E-state index contributed by atoms with van der Waals surface area (Å²) in [5, 5.41) is 3.87. The molecule has 3 heterocycles. The maximum atomic E-state index is 14.3. The standard InChI is InChI=1S/C30H33BrN4O3/c1-6-26(37)33-15-22(16-33)32-25(36)17-34-19(3)27(23-14-21(31)13-18(2)28(23)34)29(38)35-12-11-20-9-7-8-10-24(20)30(35,4)5/h6-10,13-14,22H,1,11-12,15-17H2,2-5H3,(H,32,36). The molecule has 1 fully saturated rings. The highest BCUT2D eigenvalue weighted by Gasteiger charge is 2.39. The van der Waals surface area contributed by atoms with Gasteiger partial charge in [0.15, 0.2) is 0 Å². The predicted octanol–water partition coefficient (Wildman–Crippen LogP) is 4.47. The van der Waals surface area contributed by atoms with Crippen LogP contribution in [0, 0.1) is 13.8 Å². The SMILES string of the molecule is C=CC(=O)N1CC(NC(=O)Cn2c(C)c(C(=O)N3CCc4ccccc4C3(C)C)c3cc(Br)cc(C)c32)C1. The molecule has 3 aromatic rings. The average Bonchev–Trinajstić information content (AvgIpc) is 3.11. The van der Waals surface area contributed by atoms with Crippen molar-refractivity contribution in [2.75, 3.05) is 19.6 Å². The molecule has 3 amide bonds. The van der Waals surface area contributed by atoms with E-state index in [2.05, 4.69) is 53.8 Å². The lowest BCUT2D eigenvalue weighted by Crippen LogP contribution is -2.61. The third-order valence-electron chi connectivity index (χ3n) is 8.02. The van der Waals surface area contributed by atoms with Crippen molar-refractivity contribution < 1.29 is 14.4 Å². The molecular weight excluding hydrogens is 544 g/mol. The van der Waals surface area contributed by atoms with Gasteiger partial charge in [0, 0.05) is 35.2 Å². The van der Waals surface area contributed by atoms with Gasteiger partial charge in [-0.2, -0.15) is 0 Å². The van der Waals surface area contributed by atoms with Gasteiger partial charge in [0.2, 0.25) is 11.8 Å². The summed E-state index contributed by atoms with van der Waals surface area (Å²) in [7, 11) is 0. The van der Waals surface area contributed by atoms with E-state index in [1.807, 2.05) is 47.6 Å². The molecule has 1 aromatic heterocycles. The van der Waals surface area contributed by atoms with Crippen LogP contribution in [0.5, 0.6) is 0 Å². The Morgan fingerprint density at radius 3 is 2.58 bits per heavy atom. The first kappa shape index (κ1) is 26.2. The van der Waals surface area contributed by atoms with E-state index in [-0.39, 0.29) is 30.3 Å². The molecule has 1 saturated heterocycles. The zero-order valence-corrected chi connectivity index (χ0v) is 23.9. The van der Waals surface area contributed by atoms with Gasteiger partial charge in [-0.15, -0.1) is 0 Å². The lowest BCUT2D eigenvalue weighted by molar-refractivity contribution is -0.133. The Kier molecular flexibility index (Phi) is 6.71. The van der Waals surface area contributed by atoms with Gasteiger partial charge in [0.1, 0.15) is 6.54 Å². The van der Waals surface area contributed by atoms with Crippen molar-refractivity contribution in [1.29, 1.82) is 0 Å². The molecule has 0 aliphatic carbocycles. The number of hydrogen-bond donors (Lipinski definition) is 1. The smallest absolute Gasteiger partial charge is 0.257 e. The number of carbonyl (C=O) groups is 3. The minimum atomic E-state index is -0.468. The van der Waals surface area contributed by atoms with Crippen molar-refractivity contribution in [2.24, 2.45) is 0 Å². The molecule has 0 unspecified atom stereocenters. The summed E-state index contributed by atoms with van der Waals surface area (Å²) < 4.78 is 2.85. The highest BCUT2D eigenvalue weighted by molar-refractivity contribution is 9.10. The third-order valence-corrected chi connectivity index (χ3v) is 8.48. The van der Waals surface area contributed by atoms with E-state index in [1.54, 1.807) is 4.90 Å². The van der Waals surface area contributed by atoms with E-state index in [0.29, 0.717) is 25.2 Å². The summed E-state index contributed by atoms with van der Waals surface area (Å²) >= 11 is 3.61. The lowest BCUT2D eigenvalue weighted by atomic mass is 9.83. The van der Waals surface area contributed by atoms with Gasteiger partial charge in [-0.3, -0.25) is 14.4 Å². The van der Waals surface area contributed by atoms with Crippen molar-refractivity contribution in [3.8, 4) is 0 Å². The van der Waals surface area contributed by atoms with Crippen molar-refractivity contribution in [2.45, 2.75) is 52.2 Å². The number of nitrogens with zero attached hydrogens (tertiary/aromatic N) is 3. The number of carbonyl (C=O) groups excluding carboxylic acids is 3. The molecule has 2 aromatic carbocycles. The molecule has 0 saturated carbocycles. The first-order valence-electron chi connectivity index (χ1n) is 12.9. The largest absolute Gasteiger partial charge is 0.348 e. The summed E-state index contributed by atoms with van der Waals surface area (Å²) in [6.45, 7) is 13.3. The maximum absolute atomic E-state index is 14.3. The predicted molar refractivity (Wildman–Crippen MR) is 152 cm³/mol. The van der Waals surface area contributed by atoms with Gasteiger partial charge >= 0.3 is 0 Å². The van der Waals surface area contributed by atoms with Crippen LogP contribution in [0.3, 0.4) is 0 Å². The van der Waals surface area contributed by atoms with E-state index < -0.39 is 5.54 Å². The number of hydrogen-bond acceptors (Lipinski definition) is 3. The molecule has 2 aliphatic heterocycles. The van der Waals surface area contributed by atoms with Crippen molar-refractivity contribution in [3.63, 3.8) is 0 Å². The molecule has 8 heteroatoms. The van der Waals surface area contributed by atoms with Crippen molar-refractivity contribution >= 4 is 44.6 Å². The number of nitrogens with one attached hydrogen (secondary N) is 1. The highest BCUT2D eigenvalue weighted by Crippen LogP contribution is 2.39. The Bertz CT molecular complexity index is 1480. The van der Waals surface area contributed by atoms with Gasteiger partial charge in [-0.05, 0) is 69.0 Å². The summed E-state index contributed by atoms with van der Waals surface area (Å²) in [6, 6.07) is 12.2. The zero-order valence-electron chi connectivity index (χ0n) is 22.3. The number of aromatic nitrogens is 1. The molecule has 1 N–H and O–H groups in total. The molecule has 38 heavy (non-hydrogen) atoms. The monoisotopic (exact) mass is 576 g/mol.